The van der Waals surface area contributed by atoms with E-state index in [1.54, 1.807) is 12.1 Å². The molecule has 1 atom stereocenters. The number of phenolic OH excluding ortho intramolecular Hbond substituents is 1. The van der Waals surface area contributed by atoms with Crippen LogP contribution in [0.25, 0.3) is 0 Å². The number of benzene rings is 4. The number of aromatic hydroxyl groups is 1. The van der Waals surface area contributed by atoms with E-state index in [2.05, 4.69) is 5.48 Å². The van der Waals surface area contributed by atoms with Crippen molar-refractivity contribution < 1.29 is 51.5 Å². The van der Waals surface area contributed by atoms with Gasteiger partial charge in [0.05, 0.1) is 18.7 Å². The molecule has 0 radical (unpaired) electrons. The summed E-state index contributed by atoms with van der Waals surface area (Å²) in [5, 5.41) is 29.3. The lowest BCUT2D eigenvalue weighted by Crippen LogP contribution is -2.29. The van der Waals surface area contributed by atoms with Crippen molar-refractivity contribution in [3.05, 3.63) is 124 Å². The lowest BCUT2D eigenvalue weighted by Gasteiger charge is -2.23. The molecule has 5 rings (SSSR count). The summed E-state index contributed by atoms with van der Waals surface area (Å²) >= 11 is 0.193. The summed E-state index contributed by atoms with van der Waals surface area (Å²) in [7, 11) is -0.360. The minimum absolute atomic E-state index is 0.0704. The van der Waals surface area contributed by atoms with Crippen molar-refractivity contribution in [1.82, 2.24) is 9.79 Å². The van der Waals surface area contributed by atoms with Crippen molar-refractivity contribution in [2.75, 3.05) is 13.6 Å². The number of hydroxylamine groups is 1. The number of hydrogen-bond acceptors (Lipinski definition) is 8. The van der Waals surface area contributed by atoms with E-state index in [0.717, 1.165) is 35.6 Å². The highest BCUT2D eigenvalue weighted by atomic mass is 32.2. The maximum absolute atomic E-state index is 14.4. The Morgan fingerprint density at radius 2 is 1.46 bits per heavy atom. The Labute approximate surface area is 301 Å². The number of amides is 1. The predicted octanol–water partition coefficient (Wildman–Crippen LogP) is 6.21. The Morgan fingerprint density at radius 3 is 2.06 bits per heavy atom. The molecule has 0 heterocycles. The third kappa shape index (κ3) is 9.38. The van der Waals surface area contributed by atoms with E-state index in [9.17, 15) is 46.7 Å². The SMILES string of the molecule is CN(CC(=O)C(Cc1ccc(C2CCCCC2)cc1)c1ccc(C(=O)NOCc2ccc(B(O)O)cc2)c(O)c1)Sc1c(F)c(F)c(F)c(F)c1F. The number of nitrogens with one attached hydrogen (secondary N) is 1. The standard InChI is InChI=1S/C37H36BF5N2O6S/c1-45(52-36-34(42)32(40)31(39)33(41)35(36)43)19-30(47)28(17-21-7-11-24(12-8-21)23-5-3-2-4-6-23)25-13-16-27(29(46)18-25)37(48)44-51-20-22-9-14-26(15-10-22)38(49)50/h7-16,18,23,28,46,49-50H,2-6,17,19-20H2,1H3,(H,44,48). The first-order valence-corrected chi connectivity index (χ1v) is 17.3. The molecule has 0 spiro atoms. The van der Waals surface area contributed by atoms with Gasteiger partial charge >= 0.3 is 7.12 Å². The highest BCUT2D eigenvalue weighted by molar-refractivity contribution is 7.97. The van der Waals surface area contributed by atoms with Crippen molar-refractivity contribution >= 4 is 36.2 Å². The second kappa shape index (κ2) is 17.5. The number of carbonyl (C=O) groups is 2. The summed E-state index contributed by atoms with van der Waals surface area (Å²) in [6.07, 6.45) is 5.87. The Hall–Kier alpha value is -4.28. The van der Waals surface area contributed by atoms with Crippen molar-refractivity contribution in [2.45, 2.75) is 61.9 Å². The van der Waals surface area contributed by atoms with Gasteiger partial charge in [0.15, 0.2) is 29.1 Å². The summed E-state index contributed by atoms with van der Waals surface area (Å²) in [5.74, 6) is -12.7. The molecule has 52 heavy (non-hydrogen) atoms. The van der Waals surface area contributed by atoms with Crippen LogP contribution >= 0.6 is 11.9 Å². The van der Waals surface area contributed by atoms with Gasteiger partial charge in [0.2, 0.25) is 5.82 Å². The van der Waals surface area contributed by atoms with Gasteiger partial charge in [0.1, 0.15) is 10.6 Å². The van der Waals surface area contributed by atoms with Crippen LogP contribution in [0.1, 0.15) is 76.6 Å². The fraction of sp³-hybridized carbons (Fsp3) is 0.297. The van der Waals surface area contributed by atoms with Crippen LogP contribution in [0, 0.1) is 29.1 Å². The molecule has 1 aliphatic rings. The fourth-order valence-electron chi connectivity index (χ4n) is 6.18. The molecule has 4 aromatic rings. The third-order valence-corrected chi connectivity index (χ3v) is 10.0. The van der Waals surface area contributed by atoms with Gasteiger partial charge in [0.25, 0.3) is 5.91 Å². The van der Waals surface area contributed by atoms with E-state index in [-0.39, 0.29) is 36.0 Å². The highest BCUT2D eigenvalue weighted by Gasteiger charge is 2.29. The van der Waals surface area contributed by atoms with Crippen LogP contribution in [-0.4, -0.2) is 51.9 Å². The fourth-order valence-corrected chi connectivity index (χ4v) is 7.02. The molecular formula is C37H36BF5N2O6S. The second-order valence-electron chi connectivity index (χ2n) is 12.7. The van der Waals surface area contributed by atoms with Crippen molar-refractivity contribution in [3.8, 4) is 5.75 Å². The van der Waals surface area contributed by atoms with E-state index >= 15 is 0 Å². The Kier molecular flexibility index (Phi) is 13.1. The molecular weight excluding hydrogens is 706 g/mol. The van der Waals surface area contributed by atoms with Crippen LogP contribution in [0.5, 0.6) is 5.75 Å². The molecule has 1 fully saturated rings. The summed E-state index contributed by atoms with van der Waals surface area (Å²) in [6.45, 7) is -0.552. The summed E-state index contributed by atoms with van der Waals surface area (Å²) in [4.78, 5) is 30.8. The summed E-state index contributed by atoms with van der Waals surface area (Å²) in [5.41, 5.74) is 5.25. The van der Waals surface area contributed by atoms with Gasteiger partial charge in [-0.15, -0.1) is 0 Å². The normalized spacial score (nSPS) is 14.0. The molecule has 8 nitrogen and oxygen atoms in total. The smallest absolute Gasteiger partial charge is 0.488 e. The average molecular weight is 743 g/mol. The molecule has 0 bridgehead atoms. The Bertz CT molecular complexity index is 1870. The minimum atomic E-state index is -2.29. The molecule has 4 N–H and O–H groups in total. The summed E-state index contributed by atoms with van der Waals surface area (Å²) in [6, 6.07) is 18.0. The lowest BCUT2D eigenvalue weighted by atomic mass is 9.80. The Morgan fingerprint density at radius 1 is 0.865 bits per heavy atom. The highest BCUT2D eigenvalue weighted by Crippen LogP contribution is 2.35. The zero-order valence-corrected chi connectivity index (χ0v) is 28.9. The molecule has 15 heteroatoms. The minimum Gasteiger partial charge on any atom is -0.507 e. The van der Waals surface area contributed by atoms with Crippen LogP contribution in [0.3, 0.4) is 0 Å². The zero-order valence-electron chi connectivity index (χ0n) is 28.1. The molecule has 1 aliphatic carbocycles. The topological polar surface area (TPSA) is 119 Å². The molecule has 0 saturated heterocycles. The molecule has 0 aromatic heterocycles. The number of ketones is 1. The quantitative estimate of drug-likeness (QED) is 0.0301. The van der Waals surface area contributed by atoms with Gasteiger partial charge in [-0.2, -0.15) is 0 Å². The largest absolute Gasteiger partial charge is 0.507 e. The molecule has 1 saturated carbocycles. The third-order valence-electron chi connectivity index (χ3n) is 9.03. The molecule has 1 amide bonds. The van der Waals surface area contributed by atoms with E-state index in [4.69, 9.17) is 4.84 Å². The molecule has 1 unspecified atom stereocenters. The van der Waals surface area contributed by atoms with Crippen LogP contribution in [0.4, 0.5) is 22.0 Å². The number of Topliss-reactive ketones (excluding diaryl/α,β-unsaturated/α-hetero) is 1. The van der Waals surface area contributed by atoms with Gasteiger partial charge in [-0.25, -0.2) is 31.7 Å². The molecule has 4 aromatic carbocycles. The number of halogens is 5. The predicted molar refractivity (Wildman–Crippen MR) is 185 cm³/mol. The van der Waals surface area contributed by atoms with E-state index < -0.39 is 71.0 Å². The number of carbonyl (C=O) groups excluding carboxylic acids is 2. The average Bonchev–Trinajstić information content (AvgIpc) is 3.14. The van der Waals surface area contributed by atoms with Crippen molar-refractivity contribution in [3.63, 3.8) is 0 Å². The number of likely N-dealkylation sites (N-methyl/N-ethyl adjacent to an activating group) is 1. The van der Waals surface area contributed by atoms with Crippen LogP contribution in [0.2, 0.25) is 0 Å². The first kappa shape index (κ1) is 38.9. The first-order valence-electron chi connectivity index (χ1n) is 16.6. The zero-order chi connectivity index (χ0) is 37.5. The van der Waals surface area contributed by atoms with Gasteiger partial charge in [-0.3, -0.25) is 14.4 Å². The van der Waals surface area contributed by atoms with Crippen LogP contribution in [-0.2, 0) is 22.7 Å². The number of phenols is 1. The van der Waals surface area contributed by atoms with Crippen LogP contribution < -0.4 is 10.9 Å². The van der Waals surface area contributed by atoms with Gasteiger partial charge < -0.3 is 15.2 Å². The number of nitrogens with zero attached hydrogens (tertiary/aromatic N) is 1. The number of rotatable bonds is 14. The maximum atomic E-state index is 14.4. The van der Waals surface area contributed by atoms with Crippen LogP contribution in [0.15, 0.2) is 71.6 Å². The van der Waals surface area contributed by atoms with E-state index in [0.29, 0.717) is 17.0 Å². The maximum Gasteiger partial charge on any atom is 0.488 e. The van der Waals surface area contributed by atoms with Crippen molar-refractivity contribution in [2.24, 2.45) is 0 Å². The van der Waals surface area contributed by atoms with Gasteiger partial charge in [-0.05, 0) is 84.0 Å². The molecule has 0 aliphatic heterocycles. The lowest BCUT2D eigenvalue weighted by molar-refractivity contribution is -0.120. The number of hydrogen-bond donors (Lipinski definition) is 4. The monoisotopic (exact) mass is 742 g/mol. The van der Waals surface area contributed by atoms with Gasteiger partial charge in [0, 0.05) is 5.92 Å². The first-order chi connectivity index (χ1) is 24.8. The van der Waals surface area contributed by atoms with Crippen molar-refractivity contribution in [1.29, 1.82) is 0 Å². The second-order valence-corrected chi connectivity index (χ2v) is 13.9. The van der Waals surface area contributed by atoms with E-state index in [1.807, 2.05) is 24.3 Å². The molecule has 274 valence electrons. The van der Waals surface area contributed by atoms with Gasteiger partial charge in [-0.1, -0.05) is 73.9 Å². The Balaban J connectivity index is 1.33. The summed E-state index contributed by atoms with van der Waals surface area (Å²) < 4.78 is 71.1. The van der Waals surface area contributed by atoms with E-state index in [1.165, 1.54) is 49.4 Å².